The third-order valence-corrected chi connectivity index (χ3v) is 2.71. The summed E-state index contributed by atoms with van der Waals surface area (Å²) in [5.74, 6) is -0.498. The monoisotopic (exact) mass is 302 g/mol. The molecule has 0 aliphatic carbocycles. The summed E-state index contributed by atoms with van der Waals surface area (Å²) in [6.07, 6.45) is 1.45. The number of hydrogen-bond donors (Lipinski definition) is 4. The molecule has 0 atom stereocenters. The number of amides is 1. The summed E-state index contributed by atoms with van der Waals surface area (Å²) in [5, 5.41) is 11.1. The molecule has 2 aromatic rings. The van der Waals surface area contributed by atoms with Gasteiger partial charge in [-0.3, -0.25) is 4.79 Å². The number of carbonyl (C=O) groups is 2. The minimum Gasteiger partial charge on any atom is -0.482 e. The van der Waals surface area contributed by atoms with Gasteiger partial charge in [0.25, 0.3) is 5.91 Å². The summed E-state index contributed by atoms with van der Waals surface area (Å²) in [6.45, 7) is 0.0659. The molecule has 1 aromatic carbocycles. The van der Waals surface area contributed by atoms with Gasteiger partial charge in [-0.2, -0.15) is 0 Å². The maximum absolute atomic E-state index is 10.8. The van der Waals surface area contributed by atoms with Crippen molar-refractivity contribution in [3.8, 4) is 5.75 Å². The van der Waals surface area contributed by atoms with Crippen LogP contribution in [0.15, 0.2) is 36.5 Å². The van der Waals surface area contributed by atoms with Gasteiger partial charge in [0.1, 0.15) is 17.1 Å². The molecule has 1 aromatic heterocycles. The van der Waals surface area contributed by atoms with Crippen LogP contribution < -0.4 is 21.5 Å². The highest BCUT2D eigenvalue weighted by molar-refractivity contribution is 5.95. The summed E-state index contributed by atoms with van der Waals surface area (Å²) in [7, 11) is 0. The average Bonchev–Trinajstić information content (AvgIpc) is 2.48. The Kier molecular flexibility index (Phi) is 4.42. The van der Waals surface area contributed by atoms with Crippen LogP contribution in [-0.2, 0) is 4.79 Å². The molecule has 3 rings (SSSR count). The van der Waals surface area contributed by atoms with Gasteiger partial charge in [-0.05, 0) is 24.3 Å². The molecule has 22 heavy (non-hydrogen) atoms. The van der Waals surface area contributed by atoms with Crippen LogP contribution in [0.4, 0.5) is 17.2 Å². The van der Waals surface area contributed by atoms with Crippen molar-refractivity contribution in [1.29, 1.82) is 0 Å². The fourth-order valence-electron chi connectivity index (χ4n) is 1.69. The van der Waals surface area contributed by atoms with E-state index in [1.54, 1.807) is 18.2 Å². The van der Waals surface area contributed by atoms with Crippen LogP contribution >= 0.6 is 0 Å². The number of ether oxygens (including phenoxy) is 1. The molecule has 1 aliphatic heterocycles. The fraction of sp³-hybridized carbons (Fsp3) is 0.0714. The summed E-state index contributed by atoms with van der Waals surface area (Å²) in [4.78, 5) is 24.7. The van der Waals surface area contributed by atoms with Crippen LogP contribution in [-0.4, -0.2) is 28.6 Å². The number of benzene rings is 1. The van der Waals surface area contributed by atoms with E-state index in [9.17, 15) is 9.59 Å². The Morgan fingerprint density at radius 1 is 1.32 bits per heavy atom. The zero-order chi connectivity index (χ0) is 16.1. The fourth-order valence-corrected chi connectivity index (χ4v) is 1.69. The second kappa shape index (κ2) is 6.44. The Morgan fingerprint density at radius 2 is 2.09 bits per heavy atom. The number of anilines is 3. The third kappa shape index (κ3) is 3.63. The largest absolute Gasteiger partial charge is 0.482 e. The maximum atomic E-state index is 10.8. The van der Waals surface area contributed by atoms with Crippen LogP contribution in [0.2, 0.25) is 0 Å². The van der Waals surface area contributed by atoms with E-state index in [1.807, 2.05) is 0 Å². The molecule has 6 N–H and O–H groups in total. The van der Waals surface area contributed by atoms with Gasteiger partial charge in [-0.25, -0.2) is 9.78 Å². The smallest absolute Gasteiger partial charge is 0.339 e. The first-order valence-electron chi connectivity index (χ1n) is 6.23. The lowest BCUT2D eigenvalue weighted by atomic mass is 10.2. The molecule has 8 heteroatoms. The van der Waals surface area contributed by atoms with Crippen molar-refractivity contribution in [2.75, 3.05) is 23.4 Å². The zero-order valence-electron chi connectivity index (χ0n) is 11.4. The van der Waals surface area contributed by atoms with Gasteiger partial charge >= 0.3 is 5.97 Å². The molecule has 0 saturated heterocycles. The van der Waals surface area contributed by atoms with Crippen LogP contribution in [0.3, 0.4) is 0 Å². The summed E-state index contributed by atoms with van der Waals surface area (Å²) in [5.41, 5.74) is 12.1. The topological polar surface area (TPSA) is 141 Å². The molecular weight excluding hydrogens is 288 g/mol. The number of rotatable bonds is 1. The summed E-state index contributed by atoms with van der Waals surface area (Å²) in [6, 6.07) is 8.06. The van der Waals surface area contributed by atoms with Crippen molar-refractivity contribution < 1.29 is 19.4 Å². The number of aromatic nitrogens is 1. The van der Waals surface area contributed by atoms with Crippen molar-refractivity contribution in [2.45, 2.75) is 0 Å². The number of hydrogen-bond acceptors (Lipinski definition) is 6. The average molecular weight is 302 g/mol. The molecule has 0 radical (unpaired) electrons. The number of nitrogens with two attached hydrogens (primary N) is 2. The number of pyridine rings is 1. The highest BCUT2D eigenvalue weighted by Gasteiger charge is 2.14. The molecule has 114 valence electrons. The first-order valence-corrected chi connectivity index (χ1v) is 6.23. The van der Waals surface area contributed by atoms with Gasteiger partial charge in [0.05, 0.1) is 5.69 Å². The number of carboxylic acids is 1. The summed E-state index contributed by atoms with van der Waals surface area (Å²) >= 11 is 0. The Bertz CT molecular complexity index is 718. The van der Waals surface area contributed by atoms with Crippen LogP contribution in [0.5, 0.6) is 5.75 Å². The number of fused-ring (bicyclic) bond motifs is 1. The van der Waals surface area contributed by atoms with Crippen LogP contribution in [0, 0.1) is 0 Å². The van der Waals surface area contributed by atoms with Crippen molar-refractivity contribution in [1.82, 2.24) is 4.98 Å². The van der Waals surface area contributed by atoms with Gasteiger partial charge < -0.3 is 26.6 Å². The van der Waals surface area contributed by atoms with Crippen molar-refractivity contribution in [3.05, 3.63) is 42.1 Å². The molecule has 1 amide bonds. The normalized spacial score (nSPS) is 12.1. The molecule has 0 unspecified atom stereocenters. The number of carboxylic acid groups (broad SMARTS) is 1. The molecule has 2 heterocycles. The van der Waals surface area contributed by atoms with Crippen molar-refractivity contribution >= 4 is 29.1 Å². The lowest BCUT2D eigenvalue weighted by Crippen LogP contribution is -2.25. The second-order valence-corrected chi connectivity index (χ2v) is 4.33. The maximum Gasteiger partial charge on any atom is 0.339 e. The van der Waals surface area contributed by atoms with Crippen molar-refractivity contribution in [3.63, 3.8) is 0 Å². The number of nitrogen functional groups attached to an aromatic ring is 2. The van der Waals surface area contributed by atoms with Gasteiger partial charge in [-0.1, -0.05) is 0 Å². The summed E-state index contributed by atoms with van der Waals surface area (Å²) < 4.78 is 5.12. The molecule has 0 spiro atoms. The van der Waals surface area contributed by atoms with Gasteiger partial charge in [0.2, 0.25) is 0 Å². The number of carbonyl (C=O) groups excluding carboxylic acids is 1. The van der Waals surface area contributed by atoms with E-state index in [1.165, 1.54) is 18.3 Å². The molecule has 1 aliphatic rings. The van der Waals surface area contributed by atoms with Gasteiger partial charge in [0.15, 0.2) is 6.61 Å². The quantitative estimate of drug-likeness (QED) is 0.575. The predicted molar refractivity (Wildman–Crippen MR) is 80.6 cm³/mol. The second-order valence-electron chi connectivity index (χ2n) is 4.33. The minimum atomic E-state index is -1.05. The molecule has 0 saturated carbocycles. The highest BCUT2D eigenvalue weighted by Crippen LogP contribution is 2.29. The van der Waals surface area contributed by atoms with E-state index in [2.05, 4.69) is 10.3 Å². The first-order chi connectivity index (χ1) is 10.5. The zero-order valence-corrected chi connectivity index (χ0v) is 11.4. The number of nitrogens with one attached hydrogen (secondary N) is 1. The lowest BCUT2D eigenvalue weighted by Gasteiger charge is -2.17. The highest BCUT2D eigenvalue weighted by atomic mass is 16.5. The van der Waals surface area contributed by atoms with E-state index in [-0.39, 0.29) is 23.9 Å². The third-order valence-electron chi connectivity index (χ3n) is 2.71. The Balaban J connectivity index is 0.000000164. The standard InChI is InChI=1S/C8H8N2O2.C6H6N2O2/c9-5-1-2-6-7(3-5)12-4-8(11)10-6;7-5-4(6(9)10)2-1-3-8-5/h1-3H,4,9H2,(H,10,11);1-3H,(H2,7,8)(H,9,10). The minimum absolute atomic E-state index is 0.0440. The lowest BCUT2D eigenvalue weighted by molar-refractivity contribution is -0.118. The number of aromatic carboxylic acids is 1. The molecule has 0 fully saturated rings. The Labute approximate surface area is 125 Å². The van der Waals surface area contributed by atoms with Gasteiger partial charge in [-0.15, -0.1) is 0 Å². The van der Waals surface area contributed by atoms with E-state index >= 15 is 0 Å². The van der Waals surface area contributed by atoms with Crippen LogP contribution in [0.25, 0.3) is 0 Å². The first kappa shape index (κ1) is 15.1. The Hall–Kier alpha value is -3.29. The number of nitrogens with zero attached hydrogens (tertiary/aromatic N) is 1. The van der Waals surface area contributed by atoms with E-state index in [0.29, 0.717) is 17.1 Å². The van der Waals surface area contributed by atoms with Crippen molar-refractivity contribution in [2.24, 2.45) is 0 Å². The van der Waals surface area contributed by atoms with E-state index in [4.69, 9.17) is 21.3 Å². The molecule has 8 nitrogen and oxygen atoms in total. The van der Waals surface area contributed by atoms with Gasteiger partial charge in [0, 0.05) is 18.0 Å². The predicted octanol–water partition coefficient (Wildman–Crippen LogP) is 0.962. The van der Waals surface area contributed by atoms with E-state index < -0.39 is 5.97 Å². The SMILES string of the molecule is Nc1ccc2c(c1)OCC(=O)N2.Nc1ncccc1C(=O)O. The van der Waals surface area contributed by atoms with E-state index in [0.717, 1.165) is 0 Å². The van der Waals surface area contributed by atoms with Crippen LogP contribution in [0.1, 0.15) is 10.4 Å². The molecule has 0 bridgehead atoms. The molecular formula is C14H14N4O4. The Morgan fingerprint density at radius 3 is 2.73 bits per heavy atom.